The number of piperazine rings is 1. The first-order valence-corrected chi connectivity index (χ1v) is 8.71. The first-order valence-electron chi connectivity index (χ1n) is 8.30. The van der Waals surface area contributed by atoms with E-state index in [-0.39, 0.29) is 5.91 Å². The second kappa shape index (κ2) is 10.2. The molecule has 1 saturated heterocycles. The SMILES string of the molecule is COCCNC(=O)CN1CCN(C(=S)Nc2cccc(OC)c2)CC1. The Hall–Kier alpha value is -1.90. The average Bonchev–Trinajstić information content (AvgIpc) is 2.62. The molecule has 0 aromatic heterocycles. The Labute approximate surface area is 154 Å². The molecule has 1 aliphatic heterocycles. The van der Waals surface area contributed by atoms with Crippen molar-refractivity contribution in [3.05, 3.63) is 24.3 Å². The molecule has 0 spiro atoms. The van der Waals surface area contributed by atoms with E-state index in [2.05, 4.69) is 20.4 Å². The lowest BCUT2D eigenvalue weighted by Crippen LogP contribution is -2.52. The van der Waals surface area contributed by atoms with Crippen LogP contribution in [0, 0.1) is 0 Å². The first kappa shape index (κ1) is 19.4. The predicted octanol–water partition coefficient (Wildman–Crippen LogP) is 0.772. The lowest BCUT2D eigenvalue weighted by atomic mass is 10.3. The van der Waals surface area contributed by atoms with E-state index in [4.69, 9.17) is 21.7 Å². The van der Waals surface area contributed by atoms with Crippen molar-refractivity contribution in [1.82, 2.24) is 15.1 Å². The van der Waals surface area contributed by atoms with Crippen LogP contribution in [0.3, 0.4) is 0 Å². The van der Waals surface area contributed by atoms with Gasteiger partial charge in [0.2, 0.25) is 5.91 Å². The van der Waals surface area contributed by atoms with E-state index in [1.807, 2.05) is 24.3 Å². The fraction of sp³-hybridized carbons (Fsp3) is 0.529. The van der Waals surface area contributed by atoms with Crippen LogP contribution in [-0.2, 0) is 9.53 Å². The van der Waals surface area contributed by atoms with Crippen molar-refractivity contribution in [2.24, 2.45) is 0 Å². The molecule has 7 nitrogen and oxygen atoms in total. The summed E-state index contributed by atoms with van der Waals surface area (Å²) in [7, 11) is 3.26. The number of rotatable bonds is 7. The van der Waals surface area contributed by atoms with Crippen LogP contribution in [-0.4, -0.2) is 80.9 Å². The monoisotopic (exact) mass is 366 g/mol. The minimum atomic E-state index is 0.0302. The second-order valence-corrected chi connectivity index (χ2v) is 6.15. The maximum Gasteiger partial charge on any atom is 0.234 e. The molecule has 1 amide bonds. The van der Waals surface area contributed by atoms with E-state index >= 15 is 0 Å². The van der Waals surface area contributed by atoms with Crippen LogP contribution in [0.1, 0.15) is 0 Å². The molecule has 1 fully saturated rings. The maximum atomic E-state index is 11.8. The fourth-order valence-electron chi connectivity index (χ4n) is 2.56. The van der Waals surface area contributed by atoms with Gasteiger partial charge in [0.25, 0.3) is 0 Å². The number of carbonyl (C=O) groups is 1. The normalized spacial score (nSPS) is 14.9. The molecule has 138 valence electrons. The zero-order valence-corrected chi connectivity index (χ0v) is 15.6. The largest absolute Gasteiger partial charge is 0.497 e. The van der Waals surface area contributed by atoms with Crippen molar-refractivity contribution in [3.63, 3.8) is 0 Å². The van der Waals surface area contributed by atoms with Gasteiger partial charge in [-0.15, -0.1) is 0 Å². The van der Waals surface area contributed by atoms with Crippen LogP contribution >= 0.6 is 12.2 Å². The van der Waals surface area contributed by atoms with Crippen LogP contribution in [0.15, 0.2) is 24.3 Å². The van der Waals surface area contributed by atoms with Crippen molar-refractivity contribution >= 4 is 28.9 Å². The first-order chi connectivity index (χ1) is 12.1. The van der Waals surface area contributed by atoms with Crippen LogP contribution in [0.5, 0.6) is 5.75 Å². The highest BCUT2D eigenvalue weighted by Crippen LogP contribution is 2.17. The molecule has 0 atom stereocenters. The number of amides is 1. The molecule has 2 rings (SSSR count). The lowest BCUT2D eigenvalue weighted by molar-refractivity contribution is -0.122. The van der Waals surface area contributed by atoms with Gasteiger partial charge in [0.1, 0.15) is 5.75 Å². The lowest BCUT2D eigenvalue weighted by Gasteiger charge is -2.35. The van der Waals surface area contributed by atoms with Crippen LogP contribution < -0.4 is 15.4 Å². The summed E-state index contributed by atoms with van der Waals surface area (Å²) in [6, 6.07) is 7.68. The summed E-state index contributed by atoms with van der Waals surface area (Å²) in [6.45, 7) is 4.68. The van der Waals surface area contributed by atoms with Gasteiger partial charge in [-0.2, -0.15) is 0 Å². The standard InChI is InChI=1S/C17H26N4O3S/c1-23-11-6-18-16(22)13-20-7-9-21(10-8-20)17(25)19-14-4-3-5-15(12-14)24-2/h3-5,12H,6-11,13H2,1-2H3,(H,18,22)(H,19,25). The Morgan fingerprint density at radius 1 is 1.24 bits per heavy atom. The zero-order chi connectivity index (χ0) is 18.1. The molecule has 0 unspecified atom stereocenters. The molecule has 8 heteroatoms. The highest BCUT2D eigenvalue weighted by molar-refractivity contribution is 7.80. The Morgan fingerprint density at radius 3 is 2.68 bits per heavy atom. The number of methoxy groups -OCH3 is 2. The van der Waals surface area contributed by atoms with Crippen LogP contribution in [0.2, 0.25) is 0 Å². The van der Waals surface area contributed by atoms with Gasteiger partial charge in [0.05, 0.1) is 20.3 Å². The predicted molar refractivity (Wildman–Crippen MR) is 102 cm³/mol. The van der Waals surface area contributed by atoms with Crippen molar-refractivity contribution < 1.29 is 14.3 Å². The van der Waals surface area contributed by atoms with Gasteiger partial charge in [-0.25, -0.2) is 0 Å². The number of thiocarbonyl (C=S) groups is 1. The minimum Gasteiger partial charge on any atom is -0.497 e. The molecule has 0 aliphatic carbocycles. The molecule has 0 saturated carbocycles. The van der Waals surface area contributed by atoms with Crippen molar-refractivity contribution in [2.75, 3.05) is 65.4 Å². The average molecular weight is 366 g/mol. The summed E-state index contributed by atoms with van der Waals surface area (Å²) in [5.74, 6) is 0.819. The van der Waals surface area contributed by atoms with Crippen LogP contribution in [0.4, 0.5) is 5.69 Å². The third-order valence-electron chi connectivity index (χ3n) is 3.98. The maximum absolute atomic E-state index is 11.8. The van der Waals surface area contributed by atoms with Crippen LogP contribution in [0.25, 0.3) is 0 Å². The van der Waals surface area contributed by atoms with E-state index in [9.17, 15) is 4.79 Å². The Morgan fingerprint density at radius 2 is 2.00 bits per heavy atom. The van der Waals surface area contributed by atoms with Crippen molar-refractivity contribution in [3.8, 4) is 5.75 Å². The summed E-state index contributed by atoms with van der Waals surface area (Å²) in [6.07, 6.45) is 0. The quantitative estimate of drug-likeness (QED) is 0.546. The van der Waals surface area contributed by atoms with E-state index < -0.39 is 0 Å². The molecule has 2 N–H and O–H groups in total. The highest BCUT2D eigenvalue weighted by Gasteiger charge is 2.20. The van der Waals surface area contributed by atoms with Gasteiger partial charge < -0.3 is 25.0 Å². The van der Waals surface area contributed by atoms with Crippen molar-refractivity contribution in [2.45, 2.75) is 0 Å². The number of hydrogen-bond donors (Lipinski definition) is 2. The van der Waals surface area contributed by atoms with Gasteiger partial charge in [0.15, 0.2) is 5.11 Å². The van der Waals surface area contributed by atoms with E-state index in [0.717, 1.165) is 37.6 Å². The number of nitrogens with zero attached hydrogens (tertiary/aromatic N) is 2. The summed E-state index contributed by atoms with van der Waals surface area (Å²) in [5, 5.41) is 6.77. The molecule has 1 aromatic rings. The number of benzene rings is 1. The van der Waals surface area contributed by atoms with Crippen molar-refractivity contribution in [1.29, 1.82) is 0 Å². The Bertz CT molecular complexity index is 577. The third-order valence-corrected chi connectivity index (χ3v) is 4.34. The number of hydrogen-bond acceptors (Lipinski definition) is 5. The number of ether oxygens (including phenoxy) is 2. The topological polar surface area (TPSA) is 66.1 Å². The van der Waals surface area contributed by atoms with Gasteiger partial charge >= 0.3 is 0 Å². The van der Waals surface area contributed by atoms with E-state index in [1.54, 1.807) is 14.2 Å². The van der Waals surface area contributed by atoms with E-state index in [1.165, 1.54) is 0 Å². The number of anilines is 1. The molecule has 25 heavy (non-hydrogen) atoms. The molecule has 1 heterocycles. The number of nitrogens with one attached hydrogen (secondary N) is 2. The third kappa shape index (κ3) is 6.49. The fourth-order valence-corrected chi connectivity index (χ4v) is 2.86. The second-order valence-electron chi connectivity index (χ2n) is 5.77. The molecule has 0 bridgehead atoms. The van der Waals surface area contributed by atoms with E-state index in [0.29, 0.717) is 24.8 Å². The smallest absolute Gasteiger partial charge is 0.234 e. The van der Waals surface area contributed by atoms with Gasteiger partial charge in [-0.05, 0) is 24.4 Å². The summed E-state index contributed by atoms with van der Waals surface area (Å²) in [5.41, 5.74) is 0.907. The molecule has 0 radical (unpaired) electrons. The molecular weight excluding hydrogens is 340 g/mol. The molecule has 1 aromatic carbocycles. The van der Waals surface area contributed by atoms with Gasteiger partial charge in [-0.3, -0.25) is 9.69 Å². The zero-order valence-electron chi connectivity index (χ0n) is 14.8. The Kier molecular flexibility index (Phi) is 7.90. The van der Waals surface area contributed by atoms with Gasteiger partial charge in [-0.1, -0.05) is 6.07 Å². The summed E-state index contributed by atoms with van der Waals surface area (Å²) in [4.78, 5) is 16.1. The number of carbonyl (C=O) groups excluding carboxylic acids is 1. The minimum absolute atomic E-state index is 0.0302. The highest BCUT2D eigenvalue weighted by atomic mass is 32.1. The van der Waals surface area contributed by atoms with Gasteiger partial charge in [0, 0.05) is 51.6 Å². The summed E-state index contributed by atoms with van der Waals surface area (Å²) >= 11 is 5.49. The Balaban J connectivity index is 1.73. The molecule has 1 aliphatic rings. The molecular formula is C17H26N4O3S. The summed E-state index contributed by atoms with van der Waals surface area (Å²) < 4.78 is 10.1.